The van der Waals surface area contributed by atoms with E-state index in [4.69, 9.17) is 11.6 Å². The average Bonchev–Trinajstić information content (AvgIpc) is 2.64. The number of amides is 2. The molecule has 25 heavy (non-hydrogen) atoms. The molecule has 2 aliphatic heterocycles. The van der Waals surface area contributed by atoms with Gasteiger partial charge in [-0.25, -0.2) is 0 Å². The highest BCUT2D eigenvalue weighted by Crippen LogP contribution is 2.14. The fourth-order valence-corrected chi connectivity index (χ4v) is 3.38. The van der Waals surface area contributed by atoms with Gasteiger partial charge in [0.1, 0.15) is 0 Å². The van der Waals surface area contributed by atoms with Crippen LogP contribution in [-0.2, 0) is 16.1 Å². The van der Waals surface area contributed by atoms with Gasteiger partial charge in [0.25, 0.3) is 0 Å². The molecule has 0 aliphatic carbocycles. The first-order valence-electron chi connectivity index (χ1n) is 8.85. The lowest BCUT2D eigenvalue weighted by Gasteiger charge is -2.35. The minimum Gasteiger partial charge on any atom is -0.340 e. The Hall–Kier alpha value is -1.63. The predicted molar refractivity (Wildman–Crippen MR) is 97.4 cm³/mol. The summed E-state index contributed by atoms with van der Waals surface area (Å²) in [5, 5.41) is 3.95. The molecule has 2 saturated heterocycles. The average molecular weight is 365 g/mol. The van der Waals surface area contributed by atoms with Crippen LogP contribution in [0.1, 0.15) is 12.0 Å². The lowest BCUT2D eigenvalue weighted by molar-refractivity contribution is -0.138. The van der Waals surface area contributed by atoms with Crippen LogP contribution in [0.3, 0.4) is 0 Å². The van der Waals surface area contributed by atoms with Gasteiger partial charge in [0.2, 0.25) is 11.8 Å². The Bertz CT molecular complexity index is 602. The minimum absolute atomic E-state index is 0.121. The number of piperazine rings is 2. The summed E-state index contributed by atoms with van der Waals surface area (Å²) in [5.74, 6) is 0.313. The zero-order valence-corrected chi connectivity index (χ0v) is 15.2. The zero-order chi connectivity index (χ0) is 17.6. The van der Waals surface area contributed by atoms with Crippen LogP contribution in [0.25, 0.3) is 0 Å². The van der Waals surface area contributed by atoms with Crippen LogP contribution >= 0.6 is 11.6 Å². The molecule has 2 heterocycles. The molecule has 0 aromatic heterocycles. The molecule has 1 aromatic rings. The van der Waals surface area contributed by atoms with Crippen LogP contribution in [0, 0.1) is 0 Å². The Morgan fingerprint density at radius 3 is 2.48 bits per heavy atom. The first-order valence-corrected chi connectivity index (χ1v) is 9.23. The molecule has 1 aromatic carbocycles. The summed E-state index contributed by atoms with van der Waals surface area (Å²) in [7, 11) is 0. The zero-order valence-electron chi connectivity index (χ0n) is 14.4. The highest BCUT2D eigenvalue weighted by atomic mass is 35.5. The number of hydrogen-bond donors (Lipinski definition) is 1. The van der Waals surface area contributed by atoms with E-state index in [9.17, 15) is 9.59 Å². The van der Waals surface area contributed by atoms with Crippen molar-refractivity contribution in [2.45, 2.75) is 13.0 Å². The molecule has 0 unspecified atom stereocenters. The summed E-state index contributed by atoms with van der Waals surface area (Å²) >= 11 is 5.90. The fourth-order valence-electron chi connectivity index (χ4n) is 3.25. The largest absolute Gasteiger partial charge is 0.340 e. The van der Waals surface area contributed by atoms with Gasteiger partial charge in [0.15, 0.2) is 0 Å². The summed E-state index contributed by atoms with van der Waals surface area (Å²) < 4.78 is 0. The summed E-state index contributed by atoms with van der Waals surface area (Å²) in [5.41, 5.74) is 1.08. The monoisotopic (exact) mass is 364 g/mol. The van der Waals surface area contributed by atoms with Gasteiger partial charge in [0.05, 0.1) is 6.54 Å². The van der Waals surface area contributed by atoms with E-state index in [0.717, 1.165) is 38.3 Å². The van der Waals surface area contributed by atoms with Gasteiger partial charge < -0.3 is 15.1 Å². The van der Waals surface area contributed by atoms with Gasteiger partial charge >= 0.3 is 0 Å². The number of nitrogens with zero attached hydrogens (tertiary/aromatic N) is 3. The second-order valence-electron chi connectivity index (χ2n) is 6.60. The topological polar surface area (TPSA) is 55.9 Å². The molecule has 2 amide bonds. The Morgan fingerprint density at radius 2 is 1.80 bits per heavy atom. The van der Waals surface area contributed by atoms with Crippen molar-refractivity contribution in [1.29, 1.82) is 0 Å². The quantitative estimate of drug-likeness (QED) is 0.840. The van der Waals surface area contributed by atoms with Crippen molar-refractivity contribution in [1.82, 2.24) is 20.0 Å². The van der Waals surface area contributed by atoms with Crippen LogP contribution in [0.5, 0.6) is 0 Å². The SMILES string of the molecule is O=C(CCN1CCN(Cc2ccc(Cl)cc2)C(=O)C1)N1CCNCC1. The Kier molecular flexibility index (Phi) is 6.29. The van der Waals surface area contributed by atoms with Gasteiger partial charge in [-0.05, 0) is 17.7 Å². The standard InChI is InChI=1S/C18H25ClN4O2/c19-16-3-1-15(2-4-16)13-23-12-11-21(14-18(23)25)8-5-17(24)22-9-6-20-7-10-22/h1-4,20H,5-14H2. The van der Waals surface area contributed by atoms with Crippen LogP contribution < -0.4 is 5.32 Å². The third kappa shape index (κ3) is 5.17. The maximum Gasteiger partial charge on any atom is 0.237 e. The highest BCUT2D eigenvalue weighted by molar-refractivity contribution is 6.30. The number of halogens is 1. The van der Waals surface area contributed by atoms with E-state index in [1.807, 2.05) is 34.1 Å². The van der Waals surface area contributed by atoms with Gasteiger partial charge in [-0.3, -0.25) is 14.5 Å². The van der Waals surface area contributed by atoms with Gasteiger partial charge in [-0.2, -0.15) is 0 Å². The van der Waals surface area contributed by atoms with Crippen molar-refractivity contribution in [3.63, 3.8) is 0 Å². The smallest absolute Gasteiger partial charge is 0.237 e. The van der Waals surface area contributed by atoms with E-state index >= 15 is 0 Å². The first-order chi connectivity index (χ1) is 12.1. The number of hydrogen-bond acceptors (Lipinski definition) is 4. The lowest BCUT2D eigenvalue weighted by Crippen LogP contribution is -2.51. The van der Waals surface area contributed by atoms with Crippen molar-refractivity contribution >= 4 is 23.4 Å². The number of carbonyl (C=O) groups is 2. The molecular weight excluding hydrogens is 340 g/mol. The fraction of sp³-hybridized carbons (Fsp3) is 0.556. The van der Waals surface area contributed by atoms with Gasteiger partial charge in [-0.15, -0.1) is 0 Å². The van der Waals surface area contributed by atoms with E-state index < -0.39 is 0 Å². The number of rotatable bonds is 5. The number of carbonyl (C=O) groups excluding carboxylic acids is 2. The van der Waals surface area contributed by atoms with Crippen molar-refractivity contribution in [2.75, 3.05) is 52.4 Å². The van der Waals surface area contributed by atoms with E-state index in [1.54, 1.807) is 0 Å². The van der Waals surface area contributed by atoms with Crippen LogP contribution in [0.2, 0.25) is 5.02 Å². The molecule has 3 rings (SSSR count). The third-order valence-electron chi connectivity index (χ3n) is 4.80. The minimum atomic E-state index is 0.121. The van der Waals surface area contributed by atoms with Crippen LogP contribution in [-0.4, -0.2) is 78.9 Å². The normalized spacial score (nSPS) is 19.3. The number of benzene rings is 1. The molecule has 0 spiro atoms. The molecule has 0 saturated carbocycles. The summed E-state index contributed by atoms with van der Waals surface area (Å²) in [4.78, 5) is 30.5. The van der Waals surface area contributed by atoms with Gasteiger partial charge in [-0.1, -0.05) is 23.7 Å². The van der Waals surface area contributed by atoms with Crippen molar-refractivity contribution < 1.29 is 9.59 Å². The highest BCUT2D eigenvalue weighted by Gasteiger charge is 2.25. The Balaban J connectivity index is 1.42. The van der Waals surface area contributed by atoms with Crippen LogP contribution in [0.15, 0.2) is 24.3 Å². The molecule has 7 heteroatoms. The molecule has 136 valence electrons. The Morgan fingerprint density at radius 1 is 1.08 bits per heavy atom. The maximum atomic E-state index is 12.4. The molecule has 0 bridgehead atoms. The van der Waals surface area contributed by atoms with Crippen molar-refractivity contribution in [2.24, 2.45) is 0 Å². The molecular formula is C18H25ClN4O2. The van der Waals surface area contributed by atoms with Crippen molar-refractivity contribution in [3.05, 3.63) is 34.9 Å². The molecule has 2 fully saturated rings. The maximum absolute atomic E-state index is 12.4. The molecule has 6 nitrogen and oxygen atoms in total. The summed E-state index contributed by atoms with van der Waals surface area (Å²) in [6.07, 6.45) is 0.491. The summed E-state index contributed by atoms with van der Waals surface area (Å²) in [6.45, 7) is 6.48. The molecule has 2 aliphatic rings. The number of nitrogens with one attached hydrogen (secondary N) is 1. The van der Waals surface area contributed by atoms with E-state index in [0.29, 0.717) is 37.6 Å². The van der Waals surface area contributed by atoms with E-state index in [2.05, 4.69) is 10.2 Å². The first kappa shape index (κ1) is 18.2. The second-order valence-corrected chi connectivity index (χ2v) is 7.04. The third-order valence-corrected chi connectivity index (χ3v) is 5.05. The van der Waals surface area contributed by atoms with Crippen LogP contribution in [0.4, 0.5) is 0 Å². The van der Waals surface area contributed by atoms with Gasteiger partial charge in [0, 0.05) is 63.8 Å². The lowest BCUT2D eigenvalue weighted by atomic mass is 10.2. The Labute approximate surface area is 153 Å². The molecule has 0 radical (unpaired) electrons. The predicted octanol–water partition coefficient (Wildman–Crippen LogP) is 0.806. The summed E-state index contributed by atoms with van der Waals surface area (Å²) in [6, 6.07) is 7.60. The van der Waals surface area contributed by atoms with Crippen molar-refractivity contribution in [3.8, 4) is 0 Å². The van der Waals surface area contributed by atoms with E-state index in [1.165, 1.54) is 0 Å². The molecule has 1 N–H and O–H groups in total. The van der Waals surface area contributed by atoms with E-state index in [-0.39, 0.29) is 11.8 Å². The second kappa shape index (κ2) is 8.65. The molecule has 0 atom stereocenters.